The van der Waals surface area contributed by atoms with Crippen molar-refractivity contribution in [1.82, 2.24) is 20.2 Å². The number of phenolic OH excluding ortho intramolecular Hbond substituents is 1. The molecule has 4 rings (SSSR count). The lowest BCUT2D eigenvalue weighted by molar-refractivity contribution is 0.102. The second kappa shape index (κ2) is 8.71. The highest BCUT2D eigenvalue weighted by atomic mass is 32.2. The van der Waals surface area contributed by atoms with Gasteiger partial charge in [0.05, 0.1) is 10.6 Å². The van der Waals surface area contributed by atoms with Gasteiger partial charge < -0.3 is 10.4 Å². The van der Waals surface area contributed by atoms with Gasteiger partial charge in [0, 0.05) is 22.6 Å². The van der Waals surface area contributed by atoms with Crippen LogP contribution in [0.15, 0.2) is 65.6 Å². The number of nitrogens with zero attached hydrogens (tertiary/aromatic N) is 3. The van der Waals surface area contributed by atoms with Crippen LogP contribution in [0.4, 0.5) is 11.6 Å². The van der Waals surface area contributed by atoms with Crippen LogP contribution >= 0.6 is 0 Å². The highest BCUT2D eigenvalue weighted by molar-refractivity contribution is 7.92. The maximum Gasteiger partial charge on any atom is 0.273 e. The second-order valence-electron chi connectivity index (χ2n) is 7.24. The number of para-hydroxylation sites is 1. The molecule has 168 valence electrons. The summed E-state index contributed by atoms with van der Waals surface area (Å²) in [6.45, 7) is 3.49. The van der Waals surface area contributed by atoms with Gasteiger partial charge in [-0.2, -0.15) is 5.10 Å². The average molecular weight is 465 g/mol. The van der Waals surface area contributed by atoms with Crippen molar-refractivity contribution in [3.63, 3.8) is 0 Å². The van der Waals surface area contributed by atoms with E-state index in [4.69, 9.17) is 0 Å². The maximum absolute atomic E-state index is 12.6. The zero-order valence-corrected chi connectivity index (χ0v) is 18.5. The summed E-state index contributed by atoms with van der Waals surface area (Å²) in [7, 11) is -3.90. The molecule has 4 N–H and O–H groups in total. The van der Waals surface area contributed by atoms with Crippen molar-refractivity contribution in [2.75, 3.05) is 10.0 Å². The molecule has 1 amide bonds. The first-order valence-corrected chi connectivity index (χ1v) is 11.3. The summed E-state index contributed by atoms with van der Waals surface area (Å²) in [4.78, 5) is 20.7. The Hall–Kier alpha value is -4.25. The largest absolute Gasteiger partial charge is 0.507 e. The molecule has 2 aromatic heterocycles. The van der Waals surface area contributed by atoms with Crippen LogP contribution in [0.2, 0.25) is 0 Å². The predicted molar refractivity (Wildman–Crippen MR) is 122 cm³/mol. The molecular weight excluding hydrogens is 444 g/mol. The number of anilines is 2. The first kappa shape index (κ1) is 22.0. The first-order chi connectivity index (χ1) is 15.7. The Morgan fingerprint density at radius 2 is 1.64 bits per heavy atom. The molecule has 0 aliphatic rings. The SMILES string of the molecule is Cc1cc(C)nc(NS(=O)(=O)c2ccc(NC(=O)c3cc(-c4ccccc4O)n[nH]3)cc2)n1. The number of nitrogens with one attached hydrogen (secondary N) is 3. The first-order valence-electron chi connectivity index (χ1n) is 9.81. The van der Waals surface area contributed by atoms with E-state index in [9.17, 15) is 18.3 Å². The fourth-order valence-corrected chi connectivity index (χ4v) is 4.08. The van der Waals surface area contributed by atoms with E-state index < -0.39 is 15.9 Å². The molecule has 0 fully saturated rings. The molecule has 0 bridgehead atoms. The number of hydrogen-bond donors (Lipinski definition) is 4. The van der Waals surface area contributed by atoms with Gasteiger partial charge in [-0.1, -0.05) is 12.1 Å². The van der Waals surface area contributed by atoms with Gasteiger partial charge in [-0.25, -0.2) is 23.1 Å². The quantitative estimate of drug-likeness (QED) is 0.342. The zero-order chi connectivity index (χ0) is 23.6. The van der Waals surface area contributed by atoms with Crippen molar-refractivity contribution in [3.05, 3.63) is 77.7 Å². The van der Waals surface area contributed by atoms with Crippen LogP contribution in [0, 0.1) is 13.8 Å². The summed E-state index contributed by atoms with van der Waals surface area (Å²) in [6.07, 6.45) is 0. The number of rotatable bonds is 6. The third-order valence-corrected chi connectivity index (χ3v) is 5.98. The number of phenols is 1. The topological polar surface area (TPSA) is 150 Å². The Balaban J connectivity index is 1.46. The van der Waals surface area contributed by atoms with E-state index in [0.29, 0.717) is 28.3 Å². The van der Waals surface area contributed by atoms with Crippen molar-refractivity contribution in [2.24, 2.45) is 0 Å². The van der Waals surface area contributed by atoms with Crippen LogP contribution in [-0.2, 0) is 10.0 Å². The van der Waals surface area contributed by atoms with Gasteiger partial charge in [-0.3, -0.25) is 9.89 Å². The number of aryl methyl sites for hydroxylation is 2. The average Bonchev–Trinajstić information content (AvgIpc) is 3.23. The summed E-state index contributed by atoms with van der Waals surface area (Å²) in [5.74, 6) is -0.432. The molecular formula is C22H20N6O4S. The van der Waals surface area contributed by atoms with Gasteiger partial charge >= 0.3 is 0 Å². The van der Waals surface area contributed by atoms with Gasteiger partial charge in [0.2, 0.25) is 5.95 Å². The minimum Gasteiger partial charge on any atom is -0.507 e. The predicted octanol–water partition coefficient (Wildman–Crippen LogP) is 3.24. The lowest BCUT2D eigenvalue weighted by Gasteiger charge is -2.09. The van der Waals surface area contributed by atoms with E-state index in [0.717, 1.165) is 0 Å². The van der Waals surface area contributed by atoms with Crippen molar-refractivity contribution in [3.8, 4) is 17.0 Å². The maximum atomic E-state index is 12.6. The van der Waals surface area contributed by atoms with E-state index in [-0.39, 0.29) is 22.3 Å². The Morgan fingerprint density at radius 1 is 0.970 bits per heavy atom. The van der Waals surface area contributed by atoms with E-state index >= 15 is 0 Å². The van der Waals surface area contributed by atoms with Gasteiger partial charge in [-0.05, 0) is 62.4 Å². The fraction of sp³-hybridized carbons (Fsp3) is 0.0909. The van der Waals surface area contributed by atoms with Crippen LogP contribution in [0.1, 0.15) is 21.9 Å². The number of carbonyl (C=O) groups is 1. The molecule has 0 radical (unpaired) electrons. The van der Waals surface area contributed by atoms with E-state index in [2.05, 4.69) is 30.2 Å². The summed E-state index contributed by atoms with van der Waals surface area (Å²) in [5, 5.41) is 19.3. The molecule has 33 heavy (non-hydrogen) atoms. The zero-order valence-electron chi connectivity index (χ0n) is 17.7. The molecule has 2 heterocycles. The molecule has 10 nitrogen and oxygen atoms in total. The van der Waals surface area contributed by atoms with Gasteiger partial charge in [-0.15, -0.1) is 0 Å². The Morgan fingerprint density at radius 3 is 2.30 bits per heavy atom. The van der Waals surface area contributed by atoms with Gasteiger partial charge in [0.25, 0.3) is 15.9 Å². The number of sulfonamides is 1. The van der Waals surface area contributed by atoms with E-state index in [1.165, 1.54) is 36.4 Å². The van der Waals surface area contributed by atoms with Crippen LogP contribution in [0.25, 0.3) is 11.3 Å². The molecule has 0 saturated carbocycles. The molecule has 0 spiro atoms. The second-order valence-corrected chi connectivity index (χ2v) is 8.92. The van der Waals surface area contributed by atoms with Crippen LogP contribution in [0.5, 0.6) is 5.75 Å². The summed E-state index contributed by atoms with van der Waals surface area (Å²) in [6, 6.07) is 15.6. The van der Waals surface area contributed by atoms with Crippen molar-refractivity contribution in [1.29, 1.82) is 0 Å². The third-order valence-electron chi connectivity index (χ3n) is 4.63. The Kier molecular flexibility index (Phi) is 5.80. The monoisotopic (exact) mass is 464 g/mol. The lowest BCUT2D eigenvalue weighted by atomic mass is 10.1. The number of aromatic hydroxyl groups is 1. The van der Waals surface area contributed by atoms with Gasteiger partial charge in [0.1, 0.15) is 11.4 Å². The number of aromatic nitrogens is 4. The molecule has 0 saturated heterocycles. The van der Waals surface area contributed by atoms with Gasteiger partial charge in [0.15, 0.2) is 0 Å². The molecule has 0 atom stereocenters. The molecule has 11 heteroatoms. The smallest absolute Gasteiger partial charge is 0.273 e. The number of benzene rings is 2. The molecule has 2 aromatic carbocycles. The minimum atomic E-state index is -3.90. The van der Waals surface area contributed by atoms with E-state index in [1.54, 1.807) is 38.1 Å². The number of hydrogen-bond acceptors (Lipinski definition) is 7. The normalized spacial score (nSPS) is 11.2. The number of carbonyl (C=O) groups excluding carboxylic acids is 1. The van der Waals surface area contributed by atoms with Crippen LogP contribution in [0.3, 0.4) is 0 Å². The number of aromatic amines is 1. The number of amides is 1. The third kappa shape index (κ3) is 4.99. The van der Waals surface area contributed by atoms with Crippen molar-refractivity contribution in [2.45, 2.75) is 18.7 Å². The lowest BCUT2D eigenvalue weighted by Crippen LogP contribution is -2.16. The Bertz CT molecular complexity index is 1410. The number of H-pyrrole nitrogens is 1. The van der Waals surface area contributed by atoms with Crippen LogP contribution < -0.4 is 10.0 Å². The molecule has 4 aromatic rings. The van der Waals surface area contributed by atoms with Crippen molar-refractivity contribution < 1.29 is 18.3 Å². The molecule has 0 aliphatic heterocycles. The summed E-state index contributed by atoms with van der Waals surface area (Å²) in [5.41, 5.74) is 2.76. The highest BCUT2D eigenvalue weighted by Gasteiger charge is 2.17. The Labute approximate surface area is 189 Å². The standard InChI is InChI=1S/C22H20N6O4S/c1-13-11-14(2)24-22(23-13)28-33(31,32)16-9-7-15(8-10-16)25-21(30)19-12-18(26-27-19)17-5-3-4-6-20(17)29/h3-12,29H,1-2H3,(H,25,30)(H,26,27)(H,23,24,28). The van der Waals surface area contributed by atoms with Crippen LogP contribution in [-0.4, -0.2) is 39.6 Å². The highest BCUT2D eigenvalue weighted by Crippen LogP contribution is 2.27. The summed E-state index contributed by atoms with van der Waals surface area (Å²) < 4.78 is 27.6. The molecule has 0 aliphatic carbocycles. The fourth-order valence-electron chi connectivity index (χ4n) is 3.13. The summed E-state index contributed by atoms with van der Waals surface area (Å²) >= 11 is 0. The van der Waals surface area contributed by atoms with Crippen molar-refractivity contribution >= 4 is 27.6 Å². The minimum absolute atomic E-state index is 0.00774. The van der Waals surface area contributed by atoms with E-state index in [1.807, 2.05) is 0 Å². The molecule has 0 unspecified atom stereocenters.